The van der Waals surface area contributed by atoms with Crippen LogP contribution in [0.1, 0.15) is 53.0 Å². The lowest BCUT2D eigenvalue weighted by molar-refractivity contribution is -0.141. The van der Waals surface area contributed by atoms with Crippen molar-refractivity contribution in [1.82, 2.24) is 4.90 Å². The van der Waals surface area contributed by atoms with Gasteiger partial charge in [-0.25, -0.2) is 14.4 Å². The van der Waals surface area contributed by atoms with Gasteiger partial charge in [-0.1, -0.05) is 39.1 Å². The molecule has 3 rings (SSSR count). The third-order valence-corrected chi connectivity index (χ3v) is 9.77. The molecular weight excluding hydrogens is 708 g/mol. The Balaban J connectivity index is 1.53. The van der Waals surface area contributed by atoms with E-state index in [9.17, 15) is 19.2 Å². The Kier molecular flexibility index (Phi) is 19.2. The molecule has 0 aliphatic carbocycles. The predicted molar refractivity (Wildman–Crippen MR) is 208 cm³/mol. The summed E-state index contributed by atoms with van der Waals surface area (Å²) in [6.07, 6.45) is 3.86. The van der Waals surface area contributed by atoms with E-state index in [1.165, 1.54) is 0 Å². The highest BCUT2D eigenvalue weighted by Gasteiger charge is 2.39. The number of ketones is 1. The van der Waals surface area contributed by atoms with Crippen molar-refractivity contribution >= 4 is 29.4 Å². The number of hydrogen-bond donors (Lipinski definition) is 0. The summed E-state index contributed by atoms with van der Waals surface area (Å²) < 4.78 is 38.4. The second-order valence-corrected chi connectivity index (χ2v) is 13.5. The molecule has 0 amide bonds. The van der Waals surface area contributed by atoms with E-state index in [0.717, 1.165) is 36.5 Å². The first-order valence-corrected chi connectivity index (χ1v) is 18.8. The van der Waals surface area contributed by atoms with Crippen molar-refractivity contribution < 1.29 is 52.3 Å². The number of rotatable bonds is 26. The smallest absolute Gasteiger partial charge is 0.338 e. The molecule has 1 unspecified atom stereocenters. The average Bonchev–Trinajstić information content (AvgIpc) is 3.22. The minimum Gasteiger partial charge on any atom is -0.460 e. The van der Waals surface area contributed by atoms with Crippen LogP contribution in [0.25, 0.3) is 0 Å². The number of carbonyl (C=O) groups excluding carboxylic acids is 4. The number of nitrogens with zero attached hydrogens (tertiary/aromatic N) is 2. The number of likely N-dealkylation sites (N-methyl/N-ethyl adjacent to an activating group) is 1. The normalized spacial score (nSPS) is 14.2. The summed E-state index contributed by atoms with van der Waals surface area (Å²) in [7, 11) is 3.85. The first kappa shape index (κ1) is 45.0. The zero-order valence-electron chi connectivity index (χ0n) is 32.9. The van der Waals surface area contributed by atoms with Gasteiger partial charge in [-0.15, -0.1) is 0 Å². The summed E-state index contributed by atoms with van der Waals surface area (Å²) in [6, 6.07) is 15.0. The number of ether oxygens (including phenoxy) is 7. The van der Waals surface area contributed by atoms with E-state index in [1.807, 2.05) is 69.2 Å². The summed E-state index contributed by atoms with van der Waals surface area (Å²) in [5, 5.41) is 0. The molecule has 55 heavy (non-hydrogen) atoms. The van der Waals surface area contributed by atoms with Gasteiger partial charge < -0.3 is 38.1 Å². The minimum absolute atomic E-state index is 0.0233. The van der Waals surface area contributed by atoms with Crippen molar-refractivity contribution in [2.24, 2.45) is 5.41 Å². The highest BCUT2D eigenvalue weighted by Crippen LogP contribution is 2.29. The van der Waals surface area contributed by atoms with Crippen LogP contribution in [0.15, 0.2) is 73.8 Å². The molecule has 13 nitrogen and oxygen atoms in total. The molecule has 0 bridgehead atoms. The highest BCUT2D eigenvalue weighted by atomic mass is 16.6. The van der Waals surface area contributed by atoms with Gasteiger partial charge in [-0.05, 0) is 75.3 Å². The maximum atomic E-state index is 14.1. The lowest BCUT2D eigenvalue weighted by Gasteiger charge is -2.38. The molecular formula is C42H58N2O11. The summed E-state index contributed by atoms with van der Waals surface area (Å²) in [5.74, 6) is -1.51. The molecule has 1 atom stereocenters. The third-order valence-electron chi connectivity index (χ3n) is 9.77. The largest absolute Gasteiger partial charge is 0.460 e. The molecule has 0 radical (unpaired) electrons. The average molecular weight is 767 g/mol. The number of Topliss-reactive ketones (excluding diaryl/α,β-unsaturated/α-hetero) is 1. The summed E-state index contributed by atoms with van der Waals surface area (Å²) in [6.45, 7) is 15.1. The van der Waals surface area contributed by atoms with Crippen LogP contribution in [0.5, 0.6) is 0 Å². The topological polar surface area (TPSA) is 139 Å². The van der Waals surface area contributed by atoms with Crippen LogP contribution < -0.4 is 4.90 Å². The molecule has 2 aromatic rings. The Hall–Kier alpha value is -4.40. The molecule has 0 spiro atoms. The van der Waals surface area contributed by atoms with Gasteiger partial charge in [-0.2, -0.15) is 0 Å². The minimum atomic E-state index is -0.777. The molecule has 1 saturated heterocycles. The number of morpholine rings is 1. The standard InChI is InChI=1S/C42H58N2O11/c1-7-37(45)53-26-23-50-30-41(9-3,31-51-24-27-54-38(46)8-2)32-52-25-28-55-40(48)35-13-11-33(12-14-35)29-42(10-4,43(5)6)39(47)34-15-17-36(18-16-34)44-19-21-49-22-20-44/h7-8,11-18H,1-2,9-10,19-32H2,3-6H3. The molecule has 1 aliphatic rings. The number of hydrogen-bond acceptors (Lipinski definition) is 13. The van der Waals surface area contributed by atoms with Crippen LogP contribution in [0.4, 0.5) is 5.69 Å². The van der Waals surface area contributed by atoms with Crippen LogP contribution >= 0.6 is 0 Å². The molecule has 0 saturated carbocycles. The van der Waals surface area contributed by atoms with Crippen molar-refractivity contribution in [3.05, 3.63) is 90.5 Å². The van der Waals surface area contributed by atoms with Crippen molar-refractivity contribution in [2.45, 2.75) is 38.6 Å². The van der Waals surface area contributed by atoms with Crippen LogP contribution in [0.2, 0.25) is 0 Å². The van der Waals surface area contributed by atoms with Gasteiger partial charge in [-0.3, -0.25) is 9.69 Å². The Labute approximate surface area is 325 Å². The van der Waals surface area contributed by atoms with Gasteiger partial charge in [0.15, 0.2) is 5.78 Å². The first-order chi connectivity index (χ1) is 26.5. The number of anilines is 1. The van der Waals surface area contributed by atoms with E-state index in [1.54, 1.807) is 12.1 Å². The molecule has 13 heteroatoms. The fourth-order valence-corrected chi connectivity index (χ4v) is 6.15. The second kappa shape index (κ2) is 23.5. The van der Waals surface area contributed by atoms with Crippen LogP contribution in [0, 0.1) is 5.41 Å². The molecule has 0 N–H and O–H groups in total. The van der Waals surface area contributed by atoms with Crippen molar-refractivity contribution in [2.75, 3.05) is 105 Å². The van der Waals surface area contributed by atoms with Gasteiger partial charge in [0.2, 0.25) is 0 Å². The molecule has 0 aromatic heterocycles. The maximum absolute atomic E-state index is 14.1. The fourth-order valence-electron chi connectivity index (χ4n) is 6.15. The highest BCUT2D eigenvalue weighted by molar-refractivity contribution is 6.03. The Bertz CT molecular complexity index is 1490. The van der Waals surface area contributed by atoms with Gasteiger partial charge >= 0.3 is 17.9 Å². The van der Waals surface area contributed by atoms with Crippen LogP contribution in [-0.4, -0.2) is 134 Å². The van der Waals surface area contributed by atoms with E-state index in [2.05, 4.69) is 18.1 Å². The quantitative estimate of drug-likeness (QED) is 0.0430. The van der Waals surface area contributed by atoms with Crippen molar-refractivity contribution in [1.29, 1.82) is 0 Å². The lowest BCUT2D eigenvalue weighted by Crippen LogP contribution is -2.52. The fraction of sp³-hybridized carbons (Fsp3) is 0.524. The van der Waals surface area contributed by atoms with Crippen molar-refractivity contribution in [3.8, 4) is 0 Å². The van der Waals surface area contributed by atoms with Crippen molar-refractivity contribution in [3.63, 3.8) is 0 Å². The molecule has 1 fully saturated rings. The number of esters is 3. The maximum Gasteiger partial charge on any atom is 0.338 e. The Morgan fingerprint density at radius 1 is 0.709 bits per heavy atom. The monoisotopic (exact) mass is 766 g/mol. The number of benzene rings is 2. The molecule has 1 heterocycles. The van der Waals surface area contributed by atoms with E-state index in [-0.39, 0.29) is 65.2 Å². The SMILES string of the molecule is C=CC(=O)OCCOCC(CC)(COCCOC(=O)C=C)COCCOC(=O)c1ccc(CC(CC)(C(=O)c2ccc(N3CCOCC3)cc2)N(C)C)cc1. The molecule has 2 aromatic carbocycles. The zero-order chi connectivity index (χ0) is 40.1. The molecule has 1 aliphatic heterocycles. The van der Waals surface area contributed by atoms with Gasteiger partial charge in [0.1, 0.15) is 19.8 Å². The molecule has 302 valence electrons. The van der Waals surface area contributed by atoms with E-state index in [4.69, 9.17) is 33.2 Å². The number of carbonyl (C=O) groups is 4. The Morgan fingerprint density at radius 3 is 1.65 bits per heavy atom. The summed E-state index contributed by atoms with van der Waals surface area (Å²) in [4.78, 5) is 53.9. The summed E-state index contributed by atoms with van der Waals surface area (Å²) in [5.41, 5.74) is 1.70. The first-order valence-electron chi connectivity index (χ1n) is 18.8. The third kappa shape index (κ3) is 14.0. The van der Waals surface area contributed by atoms with Gasteiger partial charge in [0, 0.05) is 41.9 Å². The van der Waals surface area contributed by atoms with Crippen LogP contribution in [0.3, 0.4) is 0 Å². The van der Waals surface area contributed by atoms with E-state index in [0.29, 0.717) is 43.6 Å². The lowest BCUT2D eigenvalue weighted by atomic mass is 9.80. The van der Waals surface area contributed by atoms with Gasteiger partial charge in [0.05, 0.1) is 64.0 Å². The van der Waals surface area contributed by atoms with E-state index >= 15 is 0 Å². The predicted octanol–water partition coefficient (Wildman–Crippen LogP) is 4.72. The second-order valence-electron chi connectivity index (χ2n) is 13.5. The van der Waals surface area contributed by atoms with E-state index < -0.39 is 28.9 Å². The Morgan fingerprint density at radius 2 is 1.20 bits per heavy atom. The van der Waals surface area contributed by atoms with Gasteiger partial charge in [0.25, 0.3) is 0 Å². The van der Waals surface area contributed by atoms with Crippen LogP contribution in [-0.2, 0) is 49.2 Å². The summed E-state index contributed by atoms with van der Waals surface area (Å²) >= 11 is 0. The zero-order valence-corrected chi connectivity index (χ0v) is 32.9.